The molecule has 3 heteroatoms. The SMILES string of the molecule is CCOC(=O)C1CC12CCC(N(C)C)CC2. The molecule has 0 aromatic heterocycles. The van der Waals surface area contributed by atoms with E-state index in [1.165, 1.54) is 25.7 Å². The normalized spacial score (nSPS) is 37.8. The summed E-state index contributed by atoms with van der Waals surface area (Å²) in [6.07, 6.45) is 5.97. The minimum atomic E-state index is 0.0470. The molecule has 2 fully saturated rings. The van der Waals surface area contributed by atoms with Crippen molar-refractivity contribution in [2.24, 2.45) is 11.3 Å². The smallest absolute Gasteiger partial charge is 0.309 e. The number of hydrogen-bond acceptors (Lipinski definition) is 3. The van der Waals surface area contributed by atoms with Gasteiger partial charge in [0.2, 0.25) is 0 Å². The zero-order valence-corrected chi connectivity index (χ0v) is 10.7. The highest BCUT2D eigenvalue weighted by Crippen LogP contribution is 2.62. The Morgan fingerprint density at radius 3 is 2.50 bits per heavy atom. The Balaban J connectivity index is 1.84. The Bertz CT molecular complexity index is 267. The Morgan fingerprint density at radius 2 is 2.00 bits per heavy atom. The van der Waals surface area contributed by atoms with Crippen LogP contribution < -0.4 is 0 Å². The topological polar surface area (TPSA) is 29.5 Å². The van der Waals surface area contributed by atoms with Crippen molar-refractivity contribution in [2.45, 2.75) is 45.1 Å². The van der Waals surface area contributed by atoms with Crippen LogP contribution in [0.15, 0.2) is 0 Å². The molecule has 0 radical (unpaired) electrons. The largest absolute Gasteiger partial charge is 0.466 e. The van der Waals surface area contributed by atoms with Gasteiger partial charge in [0.05, 0.1) is 12.5 Å². The maximum atomic E-state index is 11.7. The summed E-state index contributed by atoms with van der Waals surface area (Å²) in [5.41, 5.74) is 0.332. The monoisotopic (exact) mass is 225 g/mol. The van der Waals surface area contributed by atoms with Crippen LogP contribution in [0.1, 0.15) is 39.0 Å². The highest BCUT2D eigenvalue weighted by molar-refractivity contribution is 5.77. The molecule has 2 saturated carbocycles. The number of hydrogen-bond donors (Lipinski definition) is 0. The van der Waals surface area contributed by atoms with E-state index in [0.717, 1.165) is 6.42 Å². The molecule has 0 saturated heterocycles. The Morgan fingerprint density at radius 1 is 1.38 bits per heavy atom. The summed E-state index contributed by atoms with van der Waals surface area (Å²) in [6, 6.07) is 0.717. The van der Waals surface area contributed by atoms with E-state index >= 15 is 0 Å². The molecule has 2 rings (SSSR count). The number of rotatable bonds is 3. The lowest BCUT2D eigenvalue weighted by Gasteiger charge is -2.33. The van der Waals surface area contributed by atoms with Crippen LogP contribution in [0.4, 0.5) is 0 Å². The van der Waals surface area contributed by atoms with Gasteiger partial charge in [0.15, 0.2) is 0 Å². The first-order chi connectivity index (χ1) is 7.59. The lowest BCUT2D eigenvalue weighted by Crippen LogP contribution is -2.33. The van der Waals surface area contributed by atoms with Gasteiger partial charge in [-0.3, -0.25) is 4.79 Å². The molecular formula is C13H23NO2. The van der Waals surface area contributed by atoms with Gasteiger partial charge in [0.25, 0.3) is 0 Å². The third kappa shape index (κ3) is 2.10. The second-order valence-corrected chi connectivity index (χ2v) is 5.57. The number of carbonyl (C=O) groups is 1. The van der Waals surface area contributed by atoms with E-state index in [1.807, 2.05) is 6.92 Å². The van der Waals surface area contributed by atoms with Crippen LogP contribution in [0.2, 0.25) is 0 Å². The second-order valence-electron chi connectivity index (χ2n) is 5.57. The van der Waals surface area contributed by atoms with Crippen LogP contribution in [-0.4, -0.2) is 37.6 Å². The average Bonchev–Trinajstić information content (AvgIpc) is 2.93. The molecule has 92 valence electrons. The zero-order valence-electron chi connectivity index (χ0n) is 10.7. The van der Waals surface area contributed by atoms with Crippen LogP contribution >= 0.6 is 0 Å². The highest BCUT2D eigenvalue weighted by atomic mass is 16.5. The molecular weight excluding hydrogens is 202 g/mol. The molecule has 16 heavy (non-hydrogen) atoms. The van der Waals surface area contributed by atoms with Gasteiger partial charge >= 0.3 is 5.97 Å². The fraction of sp³-hybridized carbons (Fsp3) is 0.923. The molecule has 1 unspecified atom stereocenters. The van der Waals surface area contributed by atoms with Crippen molar-refractivity contribution in [1.82, 2.24) is 4.90 Å². The minimum Gasteiger partial charge on any atom is -0.466 e. The molecule has 3 nitrogen and oxygen atoms in total. The molecule has 1 spiro atoms. The first-order valence-corrected chi connectivity index (χ1v) is 6.42. The van der Waals surface area contributed by atoms with Gasteiger partial charge in [-0.25, -0.2) is 0 Å². The summed E-state index contributed by atoms with van der Waals surface area (Å²) in [5.74, 6) is 0.265. The molecule has 0 N–H and O–H groups in total. The Kier molecular flexibility index (Phi) is 3.24. The molecule has 0 aliphatic heterocycles. The van der Waals surface area contributed by atoms with Crippen molar-refractivity contribution in [2.75, 3.05) is 20.7 Å². The van der Waals surface area contributed by atoms with Crippen LogP contribution in [0.5, 0.6) is 0 Å². The van der Waals surface area contributed by atoms with Crippen molar-refractivity contribution in [3.05, 3.63) is 0 Å². The predicted molar refractivity (Wildman–Crippen MR) is 63.1 cm³/mol. The summed E-state index contributed by atoms with van der Waals surface area (Å²) in [6.45, 7) is 2.40. The van der Waals surface area contributed by atoms with Gasteiger partial charge in [-0.1, -0.05) is 0 Å². The van der Waals surface area contributed by atoms with Gasteiger partial charge in [-0.15, -0.1) is 0 Å². The number of ether oxygens (including phenoxy) is 1. The quantitative estimate of drug-likeness (QED) is 0.689. The zero-order chi connectivity index (χ0) is 11.8. The third-order valence-corrected chi connectivity index (χ3v) is 4.44. The van der Waals surface area contributed by atoms with E-state index in [0.29, 0.717) is 18.1 Å². The van der Waals surface area contributed by atoms with Crippen LogP contribution in [-0.2, 0) is 9.53 Å². The van der Waals surface area contributed by atoms with Crippen molar-refractivity contribution in [3.63, 3.8) is 0 Å². The lowest BCUT2D eigenvalue weighted by atomic mass is 9.81. The highest BCUT2D eigenvalue weighted by Gasteiger charge is 2.59. The van der Waals surface area contributed by atoms with Crippen molar-refractivity contribution in [3.8, 4) is 0 Å². The number of esters is 1. The number of nitrogens with zero attached hydrogens (tertiary/aromatic N) is 1. The second kappa shape index (κ2) is 4.36. The summed E-state index contributed by atoms with van der Waals surface area (Å²) in [4.78, 5) is 14.0. The molecule has 0 bridgehead atoms. The summed E-state index contributed by atoms with van der Waals surface area (Å²) < 4.78 is 5.12. The fourth-order valence-electron chi connectivity index (χ4n) is 3.17. The first kappa shape index (κ1) is 11.9. The van der Waals surface area contributed by atoms with Gasteiger partial charge in [-0.2, -0.15) is 0 Å². The van der Waals surface area contributed by atoms with E-state index in [1.54, 1.807) is 0 Å². The molecule has 2 aliphatic carbocycles. The van der Waals surface area contributed by atoms with Gasteiger partial charge in [-0.05, 0) is 58.5 Å². The maximum absolute atomic E-state index is 11.7. The molecule has 2 aliphatic rings. The minimum absolute atomic E-state index is 0.0470. The Labute approximate surface area is 98.1 Å². The van der Waals surface area contributed by atoms with E-state index < -0.39 is 0 Å². The number of carbonyl (C=O) groups excluding carboxylic acids is 1. The van der Waals surface area contributed by atoms with E-state index in [9.17, 15) is 4.79 Å². The summed E-state index contributed by atoms with van der Waals surface area (Å²) in [5, 5.41) is 0. The van der Waals surface area contributed by atoms with Crippen LogP contribution in [0, 0.1) is 11.3 Å². The van der Waals surface area contributed by atoms with Crippen LogP contribution in [0.25, 0.3) is 0 Å². The molecule has 0 aromatic rings. The maximum Gasteiger partial charge on any atom is 0.309 e. The van der Waals surface area contributed by atoms with Gasteiger partial charge < -0.3 is 9.64 Å². The summed E-state index contributed by atoms with van der Waals surface area (Å²) in [7, 11) is 4.30. The molecule has 1 atom stereocenters. The van der Waals surface area contributed by atoms with Gasteiger partial charge in [0, 0.05) is 6.04 Å². The summed E-state index contributed by atoms with van der Waals surface area (Å²) >= 11 is 0. The van der Waals surface area contributed by atoms with E-state index in [4.69, 9.17) is 4.74 Å². The van der Waals surface area contributed by atoms with Crippen molar-refractivity contribution in [1.29, 1.82) is 0 Å². The van der Waals surface area contributed by atoms with Gasteiger partial charge in [0.1, 0.15) is 0 Å². The Hall–Kier alpha value is -0.570. The van der Waals surface area contributed by atoms with Crippen molar-refractivity contribution >= 4 is 5.97 Å². The molecule has 0 aromatic carbocycles. The van der Waals surface area contributed by atoms with Crippen LogP contribution in [0.3, 0.4) is 0 Å². The van der Waals surface area contributed by atoms with E-state index in [2.05, 4.69) is 19.0 Å². The first-order valence-electron chi connectivity index (χ1n) is 6.42. The van der Waals surface area contributed by atoms with E-state index in [-0.39, 0.29) is 11.9 Å². The lowest BCUT2D eigenvalue weighted by molar-refractivity contribution is -0.145. The standard InChI is InChI=1S/C13H23NO2/c1-4-16-12(15)11-9-13(11)7-5-10(6-8-13)14(2)3/h10-11H,4-9H2,1-3H3. The average molecular weight is 225 g/mol. The fourth-order valence-corrected chi connectivity index (χ4v) is 3.17. The molecule has 0 heterocycles. The third-order valence-electron chi connectivity index (χ3n) is 4.44. The van der Waals surface area contributed by atoms with Crippen molar-refractivity contribution < 1.29 is 9.53 Å². The molecule has 0 amide bonds. The predicted octanol–water partition coefficient (Wildman–Crippen LogP) is 2.06.